The summed E-state index contributed by atoms with van der Waals surface area (Å²) in [5.74, 6) is 0.964. The van der Waals surface area contributed by atoms with Gasteiger partial charge >= 0.3 is 0 Å². The van der Waals surface area contributed by atoms with E-state index >= 15 is 0 Å². The topological polar surface area (TPSA) is 54.7 Å². The molecule has 1 aromatic heterocycles. The molecule has 0 bridgehead atoms. The fraction of sp³-hybridized carbons (Fsp3) is 0.389. The molecule has 1 aliphatic rings. The lowest BCUT2D eigenvalue weighted by Crippen LogP contribution is -2.43. The van der Waals surface area contributed by atoms with E-state index in [-0.39, 0.29) is 11.9 Å². The van der Waals surface area contributed by atoms with Crippen molar-refractivity contribution >= 4 is 5.91 Å². The molecule has 0 unspecified atom stereocenters. The van der Waals surface area contributed by atoms with Crippen molar-refractivity contribution in [3.63, 3.8) is 0 Å². The van der Waals surface area contributed by atoms with Gasteiger partial charge in [-0.3, -0.25) is 4.79 Å². The number of nitrogens with zero attached hydrogens (tertiary/aromatic N) is 1. The number of para-hydroxylation sites is 1. The van der Waals surface area contributed by atoms with E-state index in [0.29, 0.717) is 12.4 Å². The van der Waals surface area contributed by atoms with Gasteiger partial charge in [-0.1, -0.05) is 18.2 Å². The molecule has 0 radical (unpaired) electrons. The number of rotatable bonds is 5. The highest BCUT2D eigenvalue weighted by Gasteiger charge is 2.22. The van der Waals surface area contributed by atoms with E-state index < -0.39 is 0 Å². The summed E-state index contributed by atoms with van der Waals surface area (Å²) < 4.78 is 11.1. The fourth-order valence-electron chi connectivity index (χ4n) is 2.73. The molecule has 1 N–H and O–H groups in total. The van der Waals surface area contributed by atoms with E-state index in [1.54, 1.807) is 6.07 Å². The summed E-state index contributed by atoms with van der Waals surface area (Å²) in [5.41, 5.74) is 0.763. The molecule has 2 aromatic rings. The van der Waals surface area contributed by atoms with Gasteiger partial charge in [-0.2, -0.15) is 0 Å². The number of amides is 1. The number of carbonyl (C=O) groups excluding carboxylic acids is 1. The maximum Gasteiger partial charge on any atom is 0.287 e. The highest BCUT2D eigenvalue weighted by Crippen LogP contribution is 2.17. The van der Waals surface area contributed by atoms with Gasteiger partial charge in [0.05, 0.1) is 6.26 Å². The van der Waals surface area contributed by atoms with Crippen LogP contribution in [0.3, 0.4) is 0 Å². The summed E-state index contributed by atoms with van der Waals surface area (Å²) in [6.45, 7) is 2.33. The molecule has 0 atom stereocenters. The van der Waals surface area contributed by atoms with Gasteiger partial charge in [0, 0.05) is 11.6 Å². The smallest absolute Gasteiger partial charge is 0.287 e. The highest BCUT2D eigenvalue weighted by molar-refractivity contribution is 5.93. The maximum atomic E-state index is 12.4. The van der Waals surface area contributed by atoms with Crippen molar-refractivity contribution in [3.05, 3.63) is 54.0 Å². The Morgan fingerprint density at radius 3 is 2.74 bits per heavy atom. The first-order valence-electron chi connectivity index (χ1n) is 7.96. The number of ether oxygens (including phenoxy) is 1. The lowest BCUT2D eigenvalue weighted by molar-refractivity contribution is 0.0885. The minimum absolute atomic E-state index is 0.156. The molecule has 1 saturated heterocycles. The third-order valence-electron chi connectivity index (χ3n) is 4.14. The van der Waals surface area contributed by atoms with E-state index in [1.165, 1.54) is 6.26 Å². The van der Waals surface area contributed by atoms with E-state index in [2.05, 4.69) is 17.3 Å². The number of nitrogens with one attached hydrogen (secondary N) is 1. The van der Waals surface area contributed by atoms with Gasteiger partial charge in [0.1, 0.15) is 12.4 Å². The first-order chi connectivity index (χ1) is 11.2. The van der Waals surface area contributed by atoms with Crippen molar-refractivity contribution in [3.8, 4) is 5.75 Å². The van der Waals surface area contributed by atoms with E-state index in [0.717, 1.165) is 37.2 Å². The Kier molecular flexibility index (Phi) is 4.98. The van der Waals surface area contributed by atoms with Crippen LogP contribution >= 0.6 is 0 Å². The summed E-state index contributed by atoms with van der Waals surface area (Å²) in [5, 5.41) is 3.07. The monoisotopic (exact) mass is 314 g/mol. The van der Waals surface area contributed by atoms with Crippen LogP contribution in [0, 0.1) is 0 Å². The van der Waals surface area contributed by atoms with Crippen LogP contribution in [0.4, 0.5) is 0 Å². The van der Waals surface area contributed by atoms with Crippen LogP contribution in [0.25, 0.3) is 0 Å². The van der Waals surface area contributed by atoms with Gasteiger partial charge < -0.3 is 19.4 Å². The molecule has 23 heavy (non-hydrogen) atoms. The summed E-state index contributed by atoms with van der Waals surface area (Å²) in [6.07, 6.45) is 3.48. The first-order valence-corrected chi connectivity index (χ1v) is 7.96. The van der Waals surface area contributed by atoms with Crippen LogP contribution in [0.15, 0.2) is 47.1 Å². The van der Waals surface area contributed by atoms with E-state index in [4.69, 9.17) is 9.15 Å². The molecule has 1 fully saturated rings. The Bertz CT molecular complexity index is 631. The van der Waals surface area contributed by atoms with E-state index in [1.807, 2.05) is 30.3 Å². The number of hydrogen-bond acceptors (Lipinski definition) is 4. The van der Waals surface area contributed by atoms with Crippen LogP contribution in [0.5, 0.6) is 5.75 Å². The highest BCUT2D eigenvalue weighted by atomic mass is 16.5. The SMILES string of the molecule is CN1CCC(NC(=O)c2occc2COc2ccccc2)CC1. The zero-order valence-electron chi connectivity index (χ0n) is 13.3. The first kappa shape index (κ1) is 15.6. The lowest BCUT2D eigenvalue weighted by atomic mass is 10.1. The standard InChI is InChI=1S/C18H22N2O3/c1-20-10-7-15(8-11-20)19-18(21)17-14(9-12-22-17)13-23-16-5-3-2-4-6-16/h2-6,9,12,15H,7-8,10-11,13H2,1H3,(H,19,21). The Labute approximate surface area is 136 Å². The number of furan rings is 1. The number of piperidine rings is 1. The minimum Gasteiger partial charge on any atom is -0.489 e. The summed E-state index contributed by atoms with van der Waals surface area (Å²) in [6, 6.07) is 11.5. The second-order valence-electron chi connectivity index (χ2n) is 5.93. The summed E-state index contributed by atoms with van der Waals surface area (Å²) >= 11 is 0. The van der Waals surface area contributed by atoms with Gasteiger partial charge in [-0.15, -0.1) is 0 Å². The molecular weight excluding hydrogens is 292 g/mol. The second kappa shape index (κ2) is 7.33. The van der Waals surface area contributed by atoms with Crippen molar-refractivity contribution in [2.75, 3.05) is 20.1 Å². The molecule has 5 nitrogen and oxygen atoms in total. The average Bonchev–Trinajstić information content (AvgIpc) is 3.05. The van der Waals surface area contributed by atoms with Crippen molar-refractivity contribution in [2.24, 2.45) is 0 Å². The van der Waals surface area contributed by atoms with Gasteiger partial charge in [-0.05, 0) is 51.2 Å². The Morgan fingerprint density at radius 2 is 2.00 bits per heavy atom. The van der Waals surface area contributed by atoms with Crippen LogP contribution in [-0.2, 0) is 6.61 Å². The molecule has 0 saturated carbocycles. The largest absolute Gasteiger partial charge is 0.489 e. The Balaban J connectivity index is 1.58. The Hall–Kier alpha value is -2.27. The predicted molar refractivity (Wildman–Crippen MR) is 87.5 cm³/mol. The third kappa shape index (κ3) is 4.13. The van der Waals surface area contributed by atoms with Crippen molar-refractivity contribution in [1.29, 1.82) is 0 Å². The predicted octanol–water partition coefficient (Wildman–Crippen LogP) is 2.68. The lowest BCUT2D eigenvalue weighted by Gasteiger charge is -2.29. The van der Waals surface area contributed by atoms with Crippen LogP contribution in [-0.4, -0.2) is 37.0 Å². The average molecular weight is 314 g/mol. The number of benzene rings is 1. The molecule has 1 aromatic carbocycles. The second-order valence-corrected chi connectivity index (χ2v) is 5.93. The molecule has 122 valence electrons. The minimum atomic E-state index is -0.156. The van der Waals surface area contributed by atoms with Gasteiger partial charge in [-0.25, -0.2) is 0 Å². The number of likely N-dealkylation sites (tertiary alicyclic amines) is 1. The van der Waals surface area contributed by atoms with Crippen molar-refractivity contribution in [1.82, 2.24) is 10.2 Å². The number of carbonyl (C=O) groups is 1. The Morgan fingerprint density at radius 1 is 1.26 bits per heavy atom. The maximum absolute atomic E-state index is 12.4. The molecule has 0 aliphatic carbocycles. The zero-order chi connectivity index (χ0) is 16.1. The van der Waals surface area contributed by atoms with Crippen LogP contribution in [0.2, 0.25) is 0 Å². The summed E-state index contributed by atoms with van der Waals surface area (Å²) in [7, 11) is 2.10. The molecule has 0 spiro atoms. The van der Waals surface area contributed by atoms with Gasteiger partial charge in [0.15, 0.2) is 5.76 Å². The molecule has 2 heterocycles. The zero-order valence-corrected chi connectivity index (χ0v) is 13.3. The van der Waals surface area contributed by atoms with Crippen LogP contribution in [0.1, 0.15) is 29.0 Å². The van der Waals surface area contributed by atoms with E-state index in [9.17, 15) is 4.79 Å². The number of hydrogen-bond donors (Lipinski definition) is 1. The van der Waals surface area contributed by atoms with Crippen LogP contribution < -0.4 is 10.1 Å². The van der Waals surface area contributed by atoms with Gasteiger partial charge in [0.2, 0.25) is 0 Å². The van der Waals surface area contributed by atoms with Crippen molar-refractivity contribution < 1.29 is 13.9 Å². The third-order valence-corrected chi connectivity index (χ3v) is 4.14. The quantitative estimate of drug-likeness (QED) is 0.922. The molecule has 3 rings (SSSR count). The summed E-state index contributed by atoms with van der Waals surface area (Å²) in [4.78, 5) is 14.7. The fourth-order valence-corrected chi connectivity index (χ4v) is 2.73. The molecule has 1 aliphatic heterocycles. The van der Waals surface area contributed by atoms with Crippen molar-refractivity contribution in [2.45, 2.75) is 25.5 Å². The van der Waals surface area contributed by atoms with Gasteiger partial charge in [0.25, 0.3) is 5.91 Å². The normalized spacial score (nSPS) is 16.2. The molecule has 1 amide bonds. The molecule has 5 heteroatoms. The molecular formula is C18H22N2O3.